The highest BCUT2D eigenvalue weighted by molar-refractivity contribution is 9.10. The van der Waals surface area contributed by atoms with Crippen LogP contribution in [0.3, 0.4) is 0 Å². The molecule has 7 heteroatoms. The van der Waals surface area contributed by atoms with Gasteiger partial charge >= 0.3 is 0 Å². The number of halogens is 1. The number of hydrazine groups is 1. The van der Waals surface area contributed by atoms with E-state index in [1.807, 2.05) is 31.3 Å². The van der Waals surface area contributed by atoms with Crippen molar-refractivity contribution >= 4 is 26.8 Å². The van der Waals surface area contributed by atoms with Crippen molar-refractivity contribution in [3.8, 4) is 0 Å². The Morgan fingerprint density at radius 1 is 1.33 bits per heavy atom. The number of aromatic nitrogens is 4. The molecule has 0 bridgehead atoms. The third-order valence-corrected chi connectivity index (χ3v) is 4.07. The molecule has 0 radical (unpaired) electrons. The first-order valence-corrected chi connectivity index (χ1v) is 7.28. The van der Waals surface area contributed by atoms with Crippen molar-refractivity contribution in [2.75, 3.05) is 0 Å². The fraction of sp³-hybridized carbons (Fsp3) is 0.214. The summed E-state index contributed by atoms with van der Waals surface area (Å²) in [7, 11) is 1.82. The monoisotopic (exact) mass is 346 g/mol. The van der Waals surface area contributed by atoms with Gasteiger partial charge in [0.2, 0.25) is 0 Å². The molecule has 1 unspecified atom stereocenters. The quantitative estimate of drug-likeness (QED) is 0.559. The Morgan fingerprint density at radius 2 is 2.10 bits per heavy atom. The van der Waals surface area contributed by atoms with Crippen molar-refractivity contribution in [3.63, 3.8) is 0 Å². The van der Waals surface area contributed by atoms with Gasteiger partial charge in [-0.05, 0) is 40.5 Å². The molecule has 0 saturated carbocycles. The molecule has 0 spiro atoms. The van der Waals surface area contributed by atoms with Gasteiger partial charge in [0.25, 0.3) is 0 Å². The normalized spacial score (nSPS) is 12.8. The third kappa shape index (κ3) is 2.44. The average molecular weight is 347 g/mol. The SMILES string of the molecule is Cc1cc(C(NN)c2c(Br)nnn2C)nc2ccccc12. The molecule has 2 aromatic heterocycles. The van der Waals surface area contributed by atoms with Crippen molar-refractivity contribution < 1.29 is 0 Å². The Kier molecular flexibility index (Phi) is 3.71. The summed E-state index contributed by atoms with van der Waals surface area (Å²) in [6, 6.07) is 9.79. The minimum absolute atomic E-state index is 0.289. The van der Waals surface area contributed by atoms with Crippen LogP contribution < -0.4 is 11.3 Å². The second-order valence-electron chi connectivity index (χ2n) is 4.87. The molecular weight excluding hydrogens is 332 g/mol. The van der Waals surface area contributed by atoms with Crippen molar-refractivity contribution in [2.24, 2.45) is 12.9 Å². The third-order valence-electron chi connectivity index (χ3n) is 3.51. The first-order chi connectivity index (χ1) is 10.1. The van der Waals surface area contributed by atoms with Crippen LogP contribution in [0.2, 0.25) is 0 Å². The fourth-order valence-corrected chi connectivity index (χ4v) is 3.03. The molecule has 0 fully saturated rings. The van der Waals surface area contributed by atoms with E-state index in [2.05, 4.69) is 44.7 Å². The largest absolute Gasteiger partial charge is 0.270 e. The van der Waals surface area contributed by atoms with Crippen LogP contribution in [-0.2, 0) is 7.05 Å². The zero-order valence-corrected chi connectivity index (χ0v) is 13.3. The average Bonchev–Trinajstić information content (AvgIpc) is 2.81. The van der Waals surface area contributed by atoms with Crippen molar-refractivity contribution in [1.29, 1.82) is 0 Å². The summed E-state index contributed by atoms with van der Waals surface area (Å²) in [5.74, 6) is 5.75. The molecule has 0 amide bonds. The summed E-state index contributed by atoms with van der Waals surface area (Å²) in [6.07, 6.45) is 0. The first-order valence-electron chi connectivity index (χ1n) is 6.49. The molecule has 0 saturated heterocycles. The van der Waals surface area contributed by atoms with E-state index in [4.69, 9.17) is 10.8 Å². The maximum Gasteiger partial charge on any atom is 0.153 e. The molecule has 3 aromatic rings. The molecule has 1 atom stereocenters. The minimum atomic E-state index is -0.289. The van der Waals surface area contributed by atoms with Gasteiger partial charge in [-0.25, -0.2) is 10.1 Å². The number of nitrogens with one attached hydrogen (secondary N) is 1. The maximum absolute atomic E-state index is 5.75. The van der Waals surface area contributed by atoms with Crippen molar-refractivity contribution in [1.82, 2.24) is 25.4 Å². The first kappa shape index (κ1) is 14.1. The predicted molar refractivity (Wildman–Crippen MR) is 84.3 cm³/mol. The predicted octanol–water partition coefficient (Wildman–Crippen LogP) is 1.99. The maximum atomic E-state index is 5.75. The summed E-state index contributed by atoms with van der Waals surface area (Å²) in [5, 5.41) is 9.13. The number of para-hydroxylation sites is 1. The summed E-state index contributed by atoms with van der Waals surface area (Å²) in [6.45, 7) is 2.07. The lowest BCUT2D eigenvalue weighted by Gasteiger charge is -2.17. The molecule has 108 valence electrons. The highest BCUT2D eigenvalue weighted by Gasteiger charge is 2.22. The second kappa shape index (κ2) is 5.51. The van der Waals surface area contributed by atoms with Crippen LogP contribution in [0.15, 0.2) is 34.9 Å². The molecule has 0 aliphatic rings. The number of rotatable bonds is 3. The van der Waals surface area contributed by atoms with E-state index in [1.165, 1.54) is 0 Å². The molecule has 3 rings (SSSR count). The van der Waals surface area contributed by atoms with Crippen LogP contribution in [-0.4, -0.2) is 20.0 Å². The zero-order valence-electron chi connectivity index (χ0n) is 11.7. The van der Waals surface area contributed by atoms with Crippen LogP contribution in [0.4, 0.5) is 0 Å². The molecule has 21 heavy (non-hydrogen) atoms. The highest BCUT2D eigenvalue weighted by Crippen LogP contribution is 2.27. The van der Waals surface area contributed by atoms with Gasteiger partial charge in [-0.2, -0.15) is 0 Å². The van der Waals surface area contributed by atoms with Crippen LogP contribution >= 0.6 is 15.9 Å². The van der Waals surface area contributed by atoms with Crippen LogP contribution in [0.25, 0.3) is 10.9 Å². The Hall–Kier alpha value is -1.83. The summed E-state index contributed by atoms with van der Waals surface area (Å²) in [5.41, 5.74) is 6.57. The number of nitrogens with zero attached hydrogens (tertiary/aromatic N) is 4. The molecule has 0 aliphatic carbocycles. The van der Waals surface area contributed by atoms with E-state index in [0.717, 1.165) is 27.9 Å². The smallest absolute Gasteiger partial charge is 0.153 e. The molecular formula is C14H15BrN6. The molecule has 0 aliphatic heterocycles. The van der Waals surface area contributed by atoms with Gasteiger partial charge in [0.15, 0.2) is 4.60 Å². The fourth-order valence-electron chi connectivity index (χ4n) is 2.47. The van der Waals surface area contributed by atoms with Crippen molar-refractivity contribution in [3.05, 3.63) is 51.9 Å². The summed E-state index contributed by atoms with van der Waals surface area (Å²) in [4.78, 5) is 4.71. The van der Waals surface area contributed by atoms with E-state index >= 15 is 0 Å². The minimum Gasteiger partial charge on any atom is -0.270 e. The van der Waals surface area contributed by atoms with E-state index < -0.39 is 0 Å². The number of pyridine rings is 1. The van der Waals surface area contributed by atoms with Gasteiger partial charge < -0.3 is 0 Å². The molecule has 2 heterocycles. The molecule has 1 aromatic carbocycles. The van der Waals surface area contributed by atoms with Crippen LogP contribution in [0.1, 0.15) is 23.0 Å². The number of benzene rings is 1. The topological polar surface area (TPSA) is 81.6 Å². The van der Waals surface area contributed by atoms with E-state index in [1.54, 1.807) is 4.68 Å². The van der Waals surface area contributed by atoms with E-state index in [9.17, 15) is 0 Å². The van der Waals surface area contributed by atoms with Gasteiger partial charge in [0.1, 0.15) is 6.04 Å². The van der Waals surface area contributed by atoms with E-state index in [0.29, 0.717) is 4.60 Å². The molecule has 6 nitrogen and oxygen atoms in total. The summed E-state index contributed by atoms with van der Waals surface area (Å²) < 4.78 is 2.33. The Balaban J connectivity index is 2.18. The lowest BCUT2D eigenvalue weighted by molar-refractivity contribution is 0.560. The Bertz CT molecular complexity index is 778. The lowest BCUT2D eigenvalue weighted by atomic mass is 10.0. The molecule has 3 N–H and O–H groups in total. The van der Waals surface area contributed by atoms with Crippen LogP contribution in [0, 0.1) is 6.92 Å². The number of fused-ring (bicyclic) bond motifs is 1. The van der Waals surface area contributed by atoms with Crippen LogP contribution in [0.5, 0.6) is 0 Å². The number of nitrogens with two attached hydrogens (primary N) is 1. The standard InChI is InChI=1S/C14H15BrN6/c1-8-7-11(17-10-6-4-3-5-9(8)10)12(18-16)13-14(15)19-20-21(13)2/h3-7,12,18H,16H2,1-2H3. The van der Waals surface area contributed by atoms with Gasteiger partial charge in [-0.3, -0.25) is 10.8 Å². The number of hydrogen-bond donors (Lipinski definition) is 2. The Morgan fingerprint density at radius 3 is 2.76 bits per heavy atom. The van der Waals surface area contributed by atoms with Gasteiger partial charge in [0, 0.05) is 12.4 Å². The summed E-state index contributed by atoms with van der Waals surface area (Å²) >= 11 is 3.41. The highest BCUT2D eigenvalue weighted by atomic mass is 79.9. The Labute approximate surface area is 130 Å². The number of hydrogen-bond acceptors (Lipinski definition) is 5. The zero-order chi connectivity index (χ0) is 15.0. The van der Waals surface area contributed by atoms with Gasteiger partial charge in [-0.15, -0.1) is 5.10 Å². The van der Waals surface area contributed by atoms with Crippen molar-refractivity contribution in [2.45, 2.75) is 13.0 Å². The second-order valence-corrected chi connectivity index (χ2v) is 5.62. The van der Waals surface area contributed by atoms with Gasteiger partial charge in [0.05, 0.1) is 16.9 Å². The lowest BCUT2D eigenvalue weighted by Crippen LogP contribution is -2.31. The van der Waals surface area contributed by atoms with E-state index in [-0.39, 0.29) is 6.04 Å². The van der Waals surface area contributed by atoms with Gasteiger partial charge in [-0.1, -0.05) is 23.4 Å². The number of aryl methyl sites for hydroxylation is 2.